The number of benzene rings is 2. The molecule has 0 saturated carbocycles. The van der Waals surface area contributed by atoms with Gasteiger partial charge in [-0.1, -0.05) is 6.07 Å². The number of carbonyl (C=O) groups is 1. The van der Waals surface area contributed by atoms with Crippen LogP contribution in [0.5, 0.6) is 0 Å². The Kier molecular flexibility index (Phi) is 4.32. The van der Waals surface area contributed by atoms with Crippen molar-refractivity contribution in [2.24, 2.45) is 0 Å². The fraction of sp³-hybridized carbons (Fsp3) is 0.130. The number of fused-ring (bicyclic) bond motifs is 2. The predicted octanol–water partition coefficient (Wildman–Crippen LogP) is 4.27. The second-order valence-electron chi connectivity index (χ2n) is 7.64. The Morgan fingerprint density at radius 3 is 2.76 bits per heavy atom. The molecule has 8 nitrogen and oxygen atoms in total. The van der Waals surface area contributed by atoms with E-state index in [4.69, 9.17) is 8.83 Å². The van der Waals surface area contributed by atoms with Crippen LogP contribution in [0.3, 0.4) is 0 Å². The van der Waals surface area contributed by atoms with Gasteiger partial charge in [0.05, 0.1) is 17.4 Å². The van der Waals surface area contributed by atoms with Crippen molar-refractivity contribution in [2.75, 3.05) is 6.54 Å². The summed E-state index contributed by atoms with van der Waals surface area (Å²) in [5.41, 5.74) is 2.33. The predicted molar refractivity (Wildman–Crippen MR) is 111 cm³/mol. The van der Waals surface area contributed by atoms with E-state index in [0.717, 1.165) is 5.69 Å². The van der Waals surface area contributed by atoms with Crippen molar-refractivity contribution in [1.29, 1.82) is 0 Å². The van der Waals surface area contributed by atoms with Gasteiger partial charge in [0.25, 0.3) is 0 Å². The minimum Gasteiger partial charge on any atom is -0.458 e. The van der Waals surface area contributed by atoms with Gasteiger partial charge in [0.1, 0.15) is 29.0 Å². The topological polar surface area (TPSA) is 101 Å². The lowest BCUT2D eigenvalue weighted by Gasteiger charge is -2.32. The van der Waals surface area contributed by atoms with E-state index in [1.54, 1.807) is 24.5 Å². The summed E-state index contributed by atoms with van der Waals surface area (Å²) in [6.45, 7) is 0.326. The molecule has 1 amide bonds. The second kappa shape index (κ2) is 7.37. The Morgan fingerprint density at radius 1 is 1.09 bits per heavy atom. The molecular formula is C23H15F2N5O3. The first kappa shape index (κ1) is 19.4. The number of nitrogens with zero attached hydrogens (tertiary/aromatic N) is 4. The molecular weight excluding hydrogens is 432 g/mol. The Bertz CT molecular complexity index is 1490. The summed E-state index contributed by atoms with van der Waals surface area (Å²) in [5, 5.41) is 8.15. The van der Waals surface area contributed by atoms with Gasteiger partial charge in [-0.05, 0) is 42.5 Å². The lowest BCUT2D eigenvalue weighted by molar-refractivity contribution is 0.0632. The molecule has 0 fully saturated rings. The first-order valence-corrected chi connectivity index (χ1v) is 10.2. The van der Waals surface area contributed by atoms with E-state index in [1.165, 1.54) is 35.2 Å². The summed E-state index contributed by atoms with van der Waals surface area (Å²) in [5.74, 6) is -1.09. The highest BCUT2D eigenvalue weighted by Crippen LogP contribution is 2.37. The minimum atomic E-state index is -0.708. The van der Waals surface area contributed by atoms with E-state index >= 15 is 0 Å². The number of halogens is 2. The molecule has 1 aliphatic heterocycles. The summed E-state index contributed by atoms with van der Waals surface area (Å²) in [6, 6.07) is 10.9. The van der Waals surface area contributed by atoms with Gasteiger partial charge in [-0.2, -0.15) is 0 Å². The summed E-state index contributed by atoms with van der Waals surface area (Å²) in [4.78, 5) is 22.4. The fourth-order valence-corrected chi connectivity index (χ4v) is 4.10. The van der Waals surface area contributed by atoms with Gasteiger partial charge in [0.15, 0.2) is 0 Å². The quantitative estimate of drug-likeness (QED) is 0.443. The standard InChI is InChI=1S/C23H15F2N5O3/c24-13-6-4-12(5-7-13)21-28-29-22(33-21)23(31)30-9-8-16-19(27-11-26-16)20(30)18-10-14-15(25)2-1-3-17(14)32-18/h1-7,10-11,20H,8-9H2,(H,26,27)/t20-/m1/s1. The van der Waals surface area contributed by atoms with Crippen LogP contribution in [-0.2, 0) is 6.42 Å². The number of hydrogen-bond acceptors (Lipinski definition) is 6. The molecule has 6 rings (SSSR count). The number of carbonyl (C=O) groups excluding carboxylic acids is 1. The van der Waals surface area contributed by atoms with Crippen molar-refractivity contribution >= 4 is 16.9 Å². The molecule has 2 aromatic carbocycles. The molecule has 0 radical (unpaired) electrons. The van der Waals surface area contributed by atoms with Crippen LogP contribution in [0.2, 0.25) is 0 Å². The molecule has 4 heterocycles. The fourth-order valence-electron chi connectivity index (χ4n) is 4.10. The van der Waals surface area contributed by atoms with Crippen molar-refractivity contribution < 1.29 is 22.4 Å². The van der Waals surface area contributed by atoms with Crippen LogP contribution in [0, 0.1) is 11.6 Å². The third-order valence-corrected chi connectivity index (χ3v) is 5.68. The summed E-state index contributed by atoms with van der Waals surface area (Å²) in [6.07, 6.45) is 2.08. The average Bonchev–Trinajstić information content (AvgIpc) is 3.57. The summed E-state index contributed by atoms with van der Waals surface area (Å²) >= 11 is 0. The molecule has 5 aromatic rings. The zero-order valence-electron chi connectivity index (χ0n) is 17.0. The molecule has 1 N–H and O–H groups in total. The maximum atomic E-state index is 14.3. The summed E-state index contributed by atoms with van der Waals surface area (Å²) in [7, 11) is 0. The smallest absolute Gasteiger partial charge is 0.312 e. The lowest BCUT2D eigenvalue weighted by atomic mass is 10.00. The van der Waals surface area contributed by atoms with E-state index in [0.29, 0.717) is 41.0 Å². The van der Waals surface area contributed by atoms with Crippen LogP contribution < -0.4 is 0 Å². The van der Waals surface area contributed by atoms with Gasteiger partial charge in [-0.25, -0.2) is 13.8 Å². The van der Waals surface area contributed by atoms with Crippen molar-refractivity contribution in [3.8, 4) is 11.5 Å². The Morgan fingerprint density at radius 2 is 1.94 bits per heavy atom. The van der Waals surface area contributed by atoms with E-state index in [1.807, 2.05) is 0 Å². The number of H-pyrrole nitrogens is 1. The number of aromatic nitrogens is 4. The van der Waals surface area contributed by atoms with Gasteiger partial charge < -0.3 is 18.7 Å². The number of rotatable bonds is 3. The van der Waals surface area contributed by atoms with Gasteiger partial charge in [-0.15, -0.1) is 10.2 Å². The van der Waals surface area contributed by atoms with Crippen molar-refractivity contribution in [3.05, 3.63) is 89.5 Å². The molecule has 0 spiro atoms. The molecule has 164 valence electrons. The third kappa shape index (κ3) is 3.18. The molecule has 10 heteroatoms. The number of hydrogen-bond donors (Lipinski definition) is 1. The van der Waals surface area contributed by atoms with Gasteiger partial charge in [0, 0.05) is 24.2 Å². The minimum absolute atomic E-state index is 0.0955. The monoisotopic (exact) mass is 447 g/mol. The zero-order valence-corrected chi connectivity index (χ0v) is 17.0. The van der Waals surface area contributed by atoms with Gasteiger partial charge in [-0.3, -0.25) is 4.79 Å². The maximum absolute atomic E-state index is 14.3. The third-order valence-electron chi connectivity index (χ3n) is 5.68. The number of aromatic amines is 1. The van der Waals surface area contributed by atoms with Crippen LogP contribution in [0.25, 0.3) is 22.4 Å². The van der Waals surface area contributed by atoms with Crippen molar-refractivity contribution in [3.63, 3.8) is 0 Å². The number of furan rings is 1. The molecule has 3 aromatic heterocycles. The molecule has 0 bridgehead atoms. The van der Waals surface area contributed by atoms with Gasteiger partial charge in [0.2, 0.25) is 5.89 Å². The Hall–Kier alpha value is -4.34. The molecule has 0 unspecified atom stereocenters. The molecule has 1 atom stereocenters. The first-order chi connectivity index (χ1) is 16.1. The van der Waals surface area contributed by atoms with E-state index < -0.39 is 23.6 Å². The number of nitrogens with one attached hydrogen (secondary N) is 1. The highest BCUT2D eigenvalue weighted by atomic mass is 19.1. The van der Waals surface area contributed by atoms with E-state index in [-0.39, 0.29) is 11.8 Å². The zero-order chi connectivity index (χ0) is 22.5. The molecule has 0 aliphatic carbocycles. The Labute approximate surface area is 184 Å². The van der Waals surface area contributed by atoms with Crippen molar-refractivity contribution in [2.45, 2.75) is 12.5 Å². The van der Waals surface area contributed by atoms with E-state index in [2.05, 4.69) is 20.2 Å². The SMILES string of the molecule is O=C(c1nnc(-c2ccc(F)cc2)o1)N1CCc2[nH]cnc2[C@H]1c1cc2c(F)cccc2o1. The normalized spacial score (nSPS) is 15.7. The van der Waals surface area contributed by atoms with Crippen molar-refractivity contribution in [1.82, 2.24) is 25.1 Å². The van der Waals surface area contributed by atoms with Crippen LogP contribution in [0.1, 0.15) is 33.9 Å². The largest absolute Gasteiger partial charge is 0.458 e. The highest BCUT2D eigenvalue weighted by Gasteiger charge is 2.38. The molecule has 1 aliphatic rings. The van der Waals surface area contributed by atoms with Crippen LogP contribution >= 0.6 is 0 Å². The average molecular weight is 447 g/mol. The van der Waals surface area contributed by atoms with Crippen LogP contribution in [-0.4, -0.2) is 37.5 Å². The summed E-state index contributed by atoms with van der Waals surface area (Å²) < 4.78 is 39.0. The van der Waals surface area contributed by atoms with Crippen LogP contribution in [0.15, 0.2) is 63.7 Å². The maximum Gasteiger partial charge on any atom is 0.312 e. The Balaban J connectivity index is 1.40. The lowest BCUT2D eigenvalue weighted by Crippen LogP contribution is -2.40. The van der Waals surface area contributed by atoms with E-state index in [9.17, 15) is 13.6 Å². The van der Waals surface area contributed by atoms with Gasteiger partial charge >= 0.3 is 11.8 Å². The molecule has 33 heavy (non-hydrogen) atoms. The number of amides is 1. The number of imidazole rings is 1. The first-order valence-electron chi connectivity index (χ1n) is 10.2. The second-order valence-corrected chi connectivity index (χ2v) is 7.64. The highest BCUT2D eigenvalue weighted by molar-refractivity contribution is 5.90. The molecule has 0 saturated heterocycles. The van der Waals surface area contributed by atoms with Crippen LogP contribution in [0.4, 0.5) is 8.78 Å².